The molecule has 0 bridgehead atoms. The summed E-state index contributed by atoms with van der Waals surface area (Å²) in [5.41, 5.74) is 0.754. The summed E-state index contributed by atoms with van der Waals surface area (Å²) in [6, 6.07) is 10.7. The van der Waals surface area contributed by atoms with Gasteiger partial charge >= 0.3 is 6.03 Å². The van der Waals surface area contributed by atoms with Gasteiger partial charge in [0.1, 0.15) is 17.7 Å². The van der Waals surface area contributed by atoms with Gasteiger partial charge in [-0.25, -0.2) is 13.6 Å². The van der Waals surface area contributed by atoms with Gasteiger partial charge in [-0.05, 0) is 30.5 Å². The fourth-order valence-electron chi connectivity index (χ4n) is 3.12. The van der Waals surface area contributed by atoms with Crippen LogP contribution < -0.4 is 10.6 Å². The Labute approximate surface area is 156 Å². The average molecular weight is 373 g/mol. The molecule has 27 heavy (non-hydrogen) atoms. The average Bonchev–Trinajstić information content (AvgIpc) is 3.18. The topological polar surface area (TPSA) is 61.4 Å². The summed E-state index contributed by atoms with van der Waals surface area (Å²) in [4.78, 5) is 26.9. The summed E-state index contributed by atoms with van der Waals surface area (Å²) in [6.07, 6.45) is 2.21. The van der Waals surface area contributed by atoms with E-state index in [-0.39, 0.29) is 11.6 Å². The lowest BCUT2D eigenvalue weighted by Crippen LogP contribution is -2.50. The lowest BCUT2D eigenvalue weighted by atomic mass is 10.0. The Morgan fingerprint density at radius 1 is 1.04 bits per heavy atom. The number of halogens is 2. The van der Waals surface area contributed by atoms with Crippen molar-refractivity contribution in [2.24, 2.45) is 0 Å². The summed E-state index contributed by atoms with van der Waals surface area (Å²) in [6.45, 7) is 1.33. The van der Waals surface area contributed by atoms with Crippen LogP contribution in [0.2, 0.25) is 0 Å². The summed E-state index contributed by atoms with van der Waals surface area (Å²) >= 11 is 0. The van der Waals surface area contributed by atoms with Crippen LogP contribution >= 0.6 is 0 Å². The van der Waals surface area contributed by atoms with Crippen LogP contribution in [0.1, 0.15) is 18.4 Å². The fourth-order valence-corrected chi connectivity index (χ4v) is 3.12. The number of carbonyl (C=O) groups is 2. The number of hydrogen-bond donors (Lipinski definition) is 2. The van der Waals surface area contributed by atoms with Crippen molar-refractivity contribution in [3.05, 3.63) is 65.7 Å². The molecular weight excluding hydrogens is 352 g/mol. The Morgan fingerprint density at radius 2 is 1.74 bits per heavy atom. The predicted octanol–water partition coefficient (Wildman–Crippen LogP) is 3.32. The first-order chi connectivity index (χ1) is 13.0. The molecule has 142 valence electrons. The lowest BCUT2D eigenvalue weighted by Gasteiger charge is -2.24. The Kier molecular flexibility index (Phi) is 6.01. The molecule has 7 heteroatoms. The second-order valence-electron chi connectivity index (χ2n) is 6.50. The third-order valence-electron chi connectivity index (χ3n) is 4.48. The zero-order valence-corrected chi connectivity index (χ0v) is 14.8. The molecule has 2 N–H and O–H groups in total. The summed E-state index contributed by atoms with van der Waals surface area (Å²) in [7, 11) is 0. The molecule has 0 unspecified atom stereocenters. The van der Waals surface area contributed by atoms with Crippen molar-refractivity contribution in [1.29, 1.82) is 0 Å². The van der Waals surface area contributed by atoms with E-state index in [2.05, 4.69) is 10.6 Å². The number of hydrogen-bond acceptors (Lipinski definition) is 2. The van der Waals surface area contributed by atoms with Crippen molar-refractivity contribution in [3.63, 3.8) is 0 Å². The number of anilines is 1. The normalized spacial score (nSPS) is 14.7. The molecule has 1 saturated heterocycles. The summed E-state index contributed by atoms with van der Waals surface area (Å²) < 4.78 is 26.7. The number of urea groups is 1. The van der Waals surface area contributed by atoms with Crippen molar-refractivity contribution in [3.8, 4) is 0 Å². The first-order valence-corrected chi connectivity index (χ1v) is 8.88. The standard InChI is InChI=1S/C20H21F2N3O2/c21-15-8-9-17(16(22)13-15)23-20(27)24-18(12-14-6-2-1-3-7-14)19(26)25-10-4-5-11-25/h1-3,6-9,13,18H,4-5,10-12H2,(H2,23,24,27)/t18-/m1/s1. The van der Waals surface area contributed by atoms with Gasteiger partial charge < -0.3 is 15.5 Å². The lowest BCUT2D eigenvalue weighted by molar-refractivity contribution is -0.132. The van der Waals surface area contributed by atoms with Gasteiger partial charge in [0, 0.05) is 25.6 Å². The minimum atomic E-state index is -0.879. The van der Waals surface area contributed by atoms with Gasteiger partial charge in [0.25, 0.3) is 0 Å². The smallest absolute Gasteiger partial charge is 0.319 e. The summed E-state index contributed by atoms with van der Waals surface area (Å²) in [5, 5.41) is 4.97. The van der Waals surface area contributed by atoms with Gasteiger partial charge in [0.05, 0.1) is 5.69 Å². The molecule has 1 aliphatic rings. The van der Waals surface area contributed by atoms with Crippen molar-refractivity contribution in [1.82, 2.24) is 10.2 Å². The van der Waals surface area contributed by atoms with Gasteiger partial charge in [-0.2, -0.15) is 0 Å². The zero-order chi connectivity index (χ0) is 19.2. The van der Waals surface area contributed by atoms with E-state index in [1.54, 1.807) is 4.90 Å². The van der Waals surface area contributed by atoms with Crippen LogP contribution in [-0.2, 0) is 11.2 Å². The molecule has 3 rings (SSSR count). The van der Waals surface area contributed by atoms with Crippen molar-refractivity contribution in [2.45, 2.75) is 25.3 Å². The number of amides is 3. The zero-order valence-electron chi connectivity index (χ0n) is 14.8. The molecule has 0 aliphatic carbocycles. The maximum Gasteiger partial charge on any atom is 0.319 e. The highest BCUT2D eigenvalue weighted by atomic mass is 19.1. The van der Waals surface area contributed by atoms with Gasteiger partial charge in [0.2, 0.25) is 5.91 Å². The van der Waals surface area contributed by atoms with E-state index < -0.39 is 23.7 Å². The quantitative estimate of drug-likeness (QED) is 0.845. The highest BCUT2D eigenvalue weighted by Gasteiger charge is 2.28. The van der Waals surface area contributed by atoms with Crippen LogP contribution in [0, 0.1) is 11.6 Å². The molecule has 1 fully saturated rings. The van der Waals surface area contributed by atoms with Crippen molar-refractivity contribution < 1.29 is 18.4 Å². The third kappa shape index (κ3) is 5.03. The molecule has 0 saturated carbocycles. The first kappa shape index (κ1) is 18.8. The van der Waals surface area contributed by atoms with Crippen LogP contribution in [0.15, 0.2) is 48.5 Å². The van der Waals surface area contributed by atoms with Crippen molar-refractivity contribution in [2.75, 3.05) is 18.4 Å². The fraction of sp³-hybridized carbons (Fsp3) is 0.300. The van der Waals surface area contributed by atoms with Crippen LogP contribution in [0.25, 0.3) is 0 Å². The van der Waals surface area contributed by atoms with Crippen LogP contribution in [-0.4, -0.2) is 36.0 Å². The maximum absolute atomic E-state index is 13.7. The summed E-state index contributed by atoms with van der Waals surface area (Å²) in [5.74, 6) is -1.77. The van der Waals surface area contributed by atoms with Crippen LogP contribution in [0.5, 0.6) is 0 Å². The van der Waals surface area contributed by atoms with E-state index in [1.807, 2.05) is 30.3 Å². The van der Waals surface area contributed by atoms with E-state index in [0.717, 1.165) is 30.5 Å². The second-order valence-corrected chi connectivity index (χ2v) is 6.50. The predicted molar refractivity (Wildman–Crippen MR) is 98.3 cm³/mol. The minimum Gasteiger partial charge on any atom is -0.341 e. The molecule has 2 aromatic rings. The molecule has 5 nitrogen and oxygen atoms in total. The van der Waals surface area contributed by atoms with Gasteiger partial charge in [-0.3, -0.25) is 4.79 Å². The van der Waals surface area contributed by atoms with E-state index in [0.29, 0.717) is 25.6 Å². The molecular formula is C20H21F2N3O2. The molecule has 1 aliphatic heterocycles. The first-order valence-electron chi connectivity index (χ1n) is 8.88. The van der Waals surface area contributed by atoms with Gasteiger partial charge in [-0.15, -0.1) is 0 Å². The van der Waals surface area contributed by atoms with E-state index in [9.17, 15) is 18.4 Å². The van der Waals surface area contributed by atoms with Gasteiger partial charge in [0.15, 0.2) is 0 Å². The van der Waals surface area contributed by atoms with E-state index in [1.165, 1.54) is 0 Å². The second kappa shape index (κ2) is 8.62. The molecule has 0 spiro atoms. The molecule has 1 atom stereocenters. The Morgan fingerprint density at radius 3 is 2.41 bits per heavy atom. The minimum absolute atomic E-state index is 0.152. The SMILES string of the molecule is O=C(Nc1ccc(F)cc1F)N[C@H](Cc1ccccc1)C(=O)N1CCCC1. The monoisotopic (exact) mass is 373 g/mol. The molecule has 0 aromatic heterocycles. The molecule has 2 aromatic carbocycles. The van der Waals surface area contributed by atoms with E-state index in [4.69, 9.17) is 0 Å². The number of nitrogens with one attached hydrogen (secondary N) is 2. The highest BCUT2D eigenvalue weighted by molar-refractivity contribution is 5.94. The van der Waals surface area contributed by atoms with Gasteiger partial charge in [-0.1, -0.05) is 30.3 Å². The third-order valence-corrected chi connectivity index (χ3v) is 4.48. The number of likely N-dealkylation sites (tertiary alicyclic amines) is 1. The molecule has 1 heterocycles. The van der Waals surface area contributed by atoms with Crippen LogP contribution in [0.4, 0.5) is 19.3 Å². The largest absolute Gasteiger partial charge is 0.341 e. The number of benzene rings is 2. The maximum atomic E-state index is 13.7. The highest BCUT2D eigenvalue weighted by Crippen LogP contribution is 2.16. The van der Waals surface area contributed by atoms with Crippen molar-refractivity contribution >= 4 is 17.6 Å². The molecule has 0 radical (unpaired) electrons. The number of rotatable bonds is 5. The van der Waals surface area contributed by atoms with Crippen LogP contribution in [0.3, 0.4) is 0 Å². The Bertz CT molecular complexity index is 808. The Balaban J connectivity index is 1.71. The van der Waals surface area contributed by atoms with E-state index >= 15 is 0 Å². The number of carbonyl (C=O) groups excluding carboxylic acids is 2. The molecule has 3 amide bonds. The Hall–Kier alpha value is -2.96. The number of nitrogens with zero attached hydrogens (tertiary/aromatic N) is 1.